The third-order valence-electron chi connectivity index (χ3n) is 6.34. The van der Waals surface area contributed by atoms with E-state index in [0.29, 0.717) is 37.0 Å². The Kier molecular flexibility index (Phi) is 11.1. The average Bonchev–Trinajstić information content (AvgIpc) is 3.48. The van der Waals surface area contributed by atoms with E-state index in [0.717, 1.165) is 5.56 Å². The van der Waals surface area contributed by atoms with Gasteiger partial charge in [0.25, 0.3) is 5.91 Å². The topological polar surface area (TPSA) is 108 Å². The highest BCUT2D eigenvalue weighted by atomic mass is 35.5. The SMILES string of the molecule is O=C(O)c1c(Cl)c(Cl)c(Cl)c(Cl)c1C(=O)Nc1cccc(SC(C(=O)Nc2nc(-c3ccc(Cl)cc3Cl)cs2)c2ccccc2)c1. The highest BCUT2D eigenvalue weighted by Crippen LogP contribution is 2.42. The molecule has 0 saturated carbocycles. The molecule has 1 aromatic heterocycles. The minimum absolute atomic E-state index is 0.256. The number of carboxylic acids is 1. The van der Waals surface area contributed by atoms with Gasteiger partial charge in [-0.25, -0.2) is 9.78 Å². The van der Waals surface area contributed by atoms with E-state index in [9.17, 15) is 19.5 Å². The maximum Gasteiger partial charge on any atom is 0.338 e. The molecule has 5 aromatic rings. The summed E-state index contributed by atoms with van der Waals surface area (Å²) in [4.78, 5) is 44.0. The van der Waals surface area contributed by atoms with Gasteiger partial charge in [-0.2, -0.15) is 0 Å². The van der Waals surface area contributed by atoms with E-state index in [1.165, 1.54) is 23.1 Å². The van der Waals surface area contributed by atoms with Crippen molar-refractivity contribution in [3.05, 3.63) is 125 Å². The number of anilines is 2. The van der Waals surface area contributed by atoms with Gasteiger partial charge in [-0.05, 0) is 42.0 Å². The maximum atomic E-state index is 13.7. The summed E-state index contributed by atoms with van der Waals surface area (Å²) >= 11 is 39.3. The second-order valence-electron chi connectivity index (χ2n) is 9.35. The molecule has 7 nitrogen and oxygen atoms in total. The molecule has 0 spiro atoms. The van der Waals surface area contributed by atoms with Gasteiger partial charge in [0.1, 0.15) is 5.25 Å². The average molecular weight is 772 g/mol. The van der Waals surface area contributed by atoms with Crippen molar-refractivity contribution >= 4 is 121 Å². The van der Waals surface area contributed by atoms with E-state index >= 15 is 0 Å². The van der Waals surface area contributed by atoms with Crippen LogP contribution < -0.4 is 10.6 Å². The zero-order valence-electron chi connectivity index (χ0n) is 22.8. The Morgan fingerprint density at radius 2 is 1.48 bits per heavy atom. The molecule has 0 fully saturated rings. The summed E-state index contributed by atoms with van der Waals surface area (Å²) in [6.45, 7) is 0. The second-order valence-corrected chi connectivity index (χ2v) is 13.7. The summed E-state index contributed by atoms with van der Waals surface area (Å²) in [7, 11) is 0. The normalized spacial score (nSPS) is 11.6. The fraction of sp³-hybridized carbons (Fsp3) is 0.0323. The number of thioether (sulfide) groups is 1. The molecule has 1 unspecified atom stereocenters. The van der Waals surface area contributed by atoms with Crippen LogP contribution >= 0.6 is 92.7 Å². The monoisotopic (exact) mass is 769 g/mol. The number of aromatic nitrogens is 1. The summed E-state index contributed by atoms with van der Waals surface area (Å²) in [5, 5.41) is 16.3. The number of amides is 2. The molecule has 0 saturated heterocycles. The fourth-order valence-corrected chi connectivity index (χ4v) is 7.57. The first-order valence-corrected chi connectivity index (χ1v) is 16.9. The van der Waals surface area contributed by atoms with Crippen molar-refractivity contribution in [2.24, 2.45) is 0 Å². The molecule has 3 N–H and O–H groups in total. The van der Waals surface area contributed by atoms with Crippen molar-refractivity contribution in [3.63, 3.8) is 0 Å². The quantitative estimate of drug-likeness (QED) is 0.0782. The van der Waals surface area contributed by atoms with Crippen molar-refractivity contribution in [1.82, 2.24) is 4.98 Å². The minimum Gasteiger partial charge on any atom is -0.478 e. The first-order valence-electron chi connectivity index (χ1n) is 12.9. The predicted octanol–water partition coefficient (Wildman–Crippen LogP) is 11.2. The fourth-order valence-electron chi connectivity index (χ4n) is 4.25. The van der Waals surface area contributed by atoms with E-state index in [1.807, 2.05) is 30.3 Å². The second kappa shape index (κ2) is 14.8. The lowest BCUT2D eigenvalue weighted by Gasteiger charge is -2.17. The van der Waals surface area contributed by atoms with Gasteiger partial charge in [-0.1, -0.05) is 106 Å². The number of rotatable bonds is 9. The van der Waals surface area contributed by atoms with E-state index in [1.54, 1.807) is 47.8 Å². The number of carbonyl (C=O) groups excluding carboxylic acids is 2. The van der Waals surface area contributed by atoms with E-state index in [-0.39, 0.29) is 21.0 Å². The van der Waals surface area contributed by atoms with Crippen LogP contribution in [0.15, 0.2) is 83.1 Å². The molecule has 5 rings (SSSR count). The number of carbonyl (C=O) groups is 3. The molecule has 0 bridgehead atoms. The Hall–Kier alpha value is -2.99. The number of benzene rings is 4. The van der Waals surface area contributed by atoms with Crippen molar-refractivity contribution in [2.75, 3.05) is 10.6 Å². The molecule has 0 radical (unpaired) electrons. The first kappa shape index (κ1) is 34.3. The number of hydrogen-bond acceptors (Lipinski definition) is 6. The standard InChI is InChI=1S/C31H17Cl6N3O4S2/c32-15-9-10-18(19(33)11-15)20-13-45-31(39-20)40-29(42)27(14-5-2-1-3-6-14)46-17-8-4-7-16(12-17)38-28(41)21-22(30(43)44)24(35)26(37)25(36)23(21)34/h1-13,27H,(H,38,41)(H,43,44)(H,39,40,42). The molecule has 4 aromatic carbocycles. The van der Waals surface area contributed by atoms with Gasteiger partial charge in [0, 0.05) is 26.5 Å². The third kappa shape index (κ3) is 7.59. The van der Waals surface area contributed by atoms with Crippen LogP contribution in [-0.4, -0.2) is 27.9 Å². The molecular formula is C31H17Cl6N3O4S2. The van der Waals surface area contributed by atoms with Gasteiger partial charge in [0.2, 0.25) is 5.91 Å². The molecule has 15 heteroatoms. The summed E-state index contributed by atoms with van der Waals surface area (Å²) in [5.41, 5.74) is 1.24. The van der Waals surface area contributed by atoms with Gasteiger partial charge >= 0.3 is 5.97 Å². The Labute approximate surface area is 300 Å². The zero-order chi connectivity index (χ0) is 33.1. The van der Waals surface area contributed by atoms with Gasteiger partial charge in [0.15, 0.2) is 5.13 Å². The Bertz CT molecular complexity index is 1990. The van der Waals surface area contributed by atoms with Crippen LogP contribution in [0.1, 0.15) is 31.5 Å². The highest BCUT2D eigenvalue weighted by molar-refractivity contribution is 8.00. The Balaban J connectivity index is 1.39. The van der Waals surface area contributed by atoms with Crippen LogP contribution in [0.5, 0.6) is 0 Å². The molecule has 0 aliphatic carbocycles. The minimum atomic E-state index is -1.51. The van der Waals surface area contributed by atoms with Crippen molar-refractivity contribution in [1.29, 1.82) is 0 Å². The van der Waals surface area contributed by atoms with Crippen LogP contribution in [0, 0.1) is 0 Å². The number of aromatic carboxylic acids is 1. The Morgan fingerprint density at radius 1 is 0.783 bits per heavy atom. The molecule has 1 heterocycles. The lowest BCUT2D eigenvalue weighted by Crippen LogP contribution is -2.19. The molecule has 234 valence electrons. The lowest BCUT2D eigenvalue weighted by atomic mass is 10.1. The van der Waals surface area contributed by atoms with E-state index in [4.69, 9.17) is 69.6 Å². The Morgan fingerprint density at radius 3 is 2.15 bits per heavy atom. The molecule has 0 aliphatic heterocycles. The number of nitrogens with zero attached hydrogens (tertiary/aromatic N) is 1. The lowest BCUT2D eigenvalue weighted by molar-refractivity contribution is -0.115. The number of hydrogen-bond donors (Lipinski definition) is 3. The highest BCUT2D eigenvalue weighted by Gasteiger charge is 2.29. The van der Waals surface area contributed by atoms with Crippen LogP contribution in [-0.2, 0) is 4.79 Å². The molecular weight excluding hydrogens is 755 g/mol. The van der Waals surface area contributed by atoms with Crippen LogP contribution in [0.25, 0.3) is 11.3 Å². The third-order valence-corrected chi connectivity index (χ3v) is 10.7. The van der Waals surface area contributed by atoms with E-state index < -0.39 is 33.3 Å². The molecule has 0 aliphatic rings. The van der Waals surface area contributed by atoms with Crippen LogP contribution in [0.2, 0.25) is 30.1 Å². The largest absolute Gasteiger partial charge is 0.478 e. The summed E-state index contributed by atoms with van der Waals surface area (Å²) in [6.07, 6.45) is 0. The number of halogens is 6. The number of nitrogens with one attached hydrogen (secondary N) is 2. The van der Waals surface area contributed by atoms with E-state index in [2.05, 4.69) is 15.6 Å². The molecule has 2 amide bonds. The predicted molar refractivity (Wildman–Crippen MR) is 189 cm³/mol. The number of carboxylic acid groups (broad SMARTS) is 1. The number of thiazole rings is 1. The summed E-state index contributed by atoms with van der Waals surface area (Å²) in [5.74, 6) is -2.72. The summed E-state index contributed by atoms with van der Waals surface area (Å²) in [6, 6.07) is 20.9. The summed E-state index contributed by atoms with van der Waals surface area (Å²) < 4.78 is 0. The van der Waals surface area contributed by atoms with Gasteiger partial charge in [0.05, 0.1) is 41.9 Å². The van der Waals surface area contributed by atoms with Gasteiger partial charge in [-0.3, -0.25) is 9.59 Å². The first-order chi connectivity index (χ1) is 21.9. The zero-order valence-corrected chi connectivity index (χ0v) is 29.0. The molecule has 1 atom stereocenters. The van der Waals surface area contributed by atoms with Crippen molar-refractivity contribution in [3.8, 4) is 11.3 Å². The van der Waals surface area contributed by atoms with Crippen molar-refractivity contribution in [2.45, 2.75) is 10.1 Å². The van der Waals surface area contributed by atoms with Crippen molar-refractivity contribution < 1.29 is 19.5 Å². The van der Waals surface area contributed by atoms with Gasteiger partial charge in [-0.15, -0.1) is 23.1 Å². The van der Waals surface area contributed by atoms with Gasteiger partial charge < -0.3 is 15.7 Å². The maximum absolute atomic E-state index is 13.7. The van der Waals surface area contributed by atoms with Crippen LogP contribution in [0.4, 0.5) is 10.8 Å². The van der Waals surface area contributed by atoms with Crippen LogP contribution in [0.3, 0.4) is 0 Å². The molecule has 46 heavy (non-hydrogen) atoms. The smallest absolute Gasteiger partial charge is 0.338 e.